The summed E-state index contributed by atoms with van der Waals surface area (Å²) in [5.41, 5.74) is 2.27. The first-order chi connectivity index (χ1) is 14.4. The minimum absolute atomic E-state index is 0.0186. The number of carbonyl (C=O) groups excluding carboxylic acids is 1. The Balaban J connectivity index is 1.81. The van der Waals surface area contributed by atoms with E-state index in [0.717, 1.165) is 25.2 Å². The Morgan fingerprint density at radius 2 is 2.07 bits per heavy atom. The summed E-state index contributed by atoms with van der Waals surface area (Å²) in [6.07, 6.45) is 2.06. The highest BCUT2D eigenvalue weighted by molar-refractivity contribution is 5.77. The molecular weight excluding hydrogens is 381 g/mol. The van der Waals surface area contributed by atoms with E-state index in [1.165, 1.54) is 11.8 Å². The van der Waals surface area contributed by atoms with Gasteiger partial charge in [0, 0.05) is 64.7 Å². The number of hydrogen-bond acceptors (Lipinski definition) is 3. The fourth-order valence-electron chi connectivity index (χ4n) is 4.50. The fourth-order valence-corrected chi connectivity index (χ4v) is 4.50. The quantitative estimate of drug-likeness (QED) is 0.629. The lowest BCUT2D eigenvalue weighted by Gasteiger charge is -2.30. The minimum atomic E-state index is -0.207. The zero-order valence-electron chi connectivity index (χ0n) is 18.6. The standard InChI is InChI=1S/C24H34FN3O2/c1-18(2)12-28(24(29)17-30-4)14-20-13-27(15-22-9-6-10-26(22)3)16-23(20)19-7-5-8-21(25)11-19/h5-11,18,20,23H,12-17H2,1-4H3/t20-,23+/m0/s1. The van der Waals surface area contributed by atoms with Gasteiger partial charge in [-0.3, -0.25) is 9.69 Å². The summed E-state index contributed by atoms with van der Waals surface area (Å²) in [6, 6.07) is 11.1. The van der Waals surface area contributed by atoms with Crippen LogP contribution in [-0.2, 0) is 23.1 Å². The van der Waals surface area contributed by atoms with E-state index in [0.29, 0.717) is 19.0 Å². The molecule has 3 rings (SSSR count). The molecule has 5 nitrogen and oxygen atoms in total. The second-order valence-corrected chi connectivity index (χ2v) is 8.85. The van der Waals surface area contributed by atoms with Crippen molar-refractivity contribution < 1.29 is 13.9 Å². The monoisotopic (exact) mass is 415 g/mol. The number of likely N-dealkylation sites (tertiary alicyclic amines) is 1. The van der Waals surface area contributed by atoms with Crippen LogP contribution in [0.25, 0.3) is 0 Å². The van der Waals surface area contributed by atoms with Crippen molar-refractivity contribution in [1.29, 1.82) is 0 Å². The van der Waals surface area contributed by atoms with Crippen molar-refractivity contribution in [2.75, 3.05) is 39.9 Å². The summed E-state index contributed by atoms with van der Waals surface area (Å²) in [6.45, 7) is 8.27. The van der Waals surface area contributed by atoms with Gasteiger partial charge >= 0.3 is 0 Å². The summed E-state index contributed by atoms with van der Waals surface area (Å²) in [7, 11) is 3.61. The van der Waals surface area contributed by atoms with Crippen LogP contribution < -0.4 is 0 Å². The van der Waals surface area contributed by atoms with E-state index in [1.807, 2.05) is 11.0 Å². The molecule has 0 spiro atoms. The molecule has 2 aromatic rings. The Bertz CT molecular complexity index is 835. The highest BCUT2D eigenvalue weighted by atomic mass is 19.1. The lowest BCUT2D eigenvalue weighted by Crippen LogP contribution is -2.41. The first-order valence-electron chi connectivity index (χ1n) is 10.7. The van der Waals surface area contributed by atoms with Crippen molar-refractivity contribution in [2.45, 2.75) is 26.3 Å². The van der Waals surface area contributed by atoms with Crippen LogP contribution >= 0.6 is 0 Å². The van der Waals surface area contributed by atoms with Gasteiger partial charge in [-0.1, -0.05) is 26.0 Å². The van der Waals surface area contributed by atoms with Crippen molar-refractivity contribution in [3.63, 3.8) is 0 Å². The number of amides is 1. The first kappa shape index (κ1) is 22.5. The Labute approximate surface area is 179 Å². The van der Waals surface area contributed by atoms with Crippen molar-refractivity contribution >= 4 is 5.91 Å². The molecule has 1 fully saturated rings. The number of benzene rings is 1. The van der Waals surface area contributed by atoms with Gasteiger partial charge < -0.3 is 14.2 Å². The number of ether oxygens (including phenoxy) is 1. The molecule has 1 aromatic carbocycles. The third-order valence-electron chi connectivity index (χ3n) is 5.89. The molecule has 1 amide bonds. The van der Waals surface area contributed by atoms with Crippen LogP contribution in [-0.4, -0.2) is 60.2 Å². The molecule has 0 saturated carbocycles. The SMILES string of the molecule is COCC(=O)N(CC(C)C)C[C@@H]1CN(Cc2cccn2C)C[C@@H]1c1cccc(F)c1. The van der Waals surface area contributed by atoms with Crippen LogP contribution in [0.2, 0.25) is 0 Å². The molecule has 1 aliphatic rings. The van der Waals surface area contributed by atoms with Crippen molar-refractivity contribution in [3.8, 4) is 0 Å². The summed E-state index contributed by atoms with van der Waals surface area (Å²) in [4.78, 5) is 17.0. The zero-order chi connectivity index (χ0) is 21.7. The third-order valence-corrected chi connectivity index (χ3v) is 5.89. The van der Waals surface area contributed by atoms with Crippen LogP contribution in [0.5, 0.6) is 0 Å². The molecule has 0 unspecified atom stereocenters. The highest BCUT2D eigenvalue weighted by Crippen LogP contribution is 2.34. The van der Waals surface area contributed by atoms with Gasteiger partial charge in [-0.25, -0.2) is 4.39 Å². The summed E-state index contributed by atoms with van der Waals surface area (Å²) in [5, 5.41) is 0. The van der Waals surface area contributed by atoms with E-state index in [2.05, 4.69) is 48.7 Å². The maximum atomic E-state index is 14.0. The summed E-state index contributed by atoms with van der Waals surface area (Å²) >= 11 is 0. The molecule has 6 heteroatoms. The lowest BCUT2D eigenvalue weighted by molar-refractivity contribution is -0.136. The number of nitrogens with zero attached hydrogens (tertiary/aromatic N) is 3. The van der Waals surface area contributed by atoms with Gasteiger partial charge in [0.15, 0.2) is 0 Å². The Morgan fingerprint density at radius 3 is 2.70 bits per heavy atom. The molecule has 30 heavy (non-hydrogen) atoms. The van der Waals surface area contributed by atoms with Gasteiger partial charge in [-0.05, 0) is 41.7 Å². The van der Waals surface area contributed by atoms with Crippen molar-refractivity contribution in [1.82, 2.24) is 14.4 Å². The smallest absolute Gasteiger partial charge is 0.248 e. The Kier molecular flexibility index (Phi) is 7.67. The molecule has 2 heterocycles. The number of hydrogen-bond donors (Lipinski definition) is 0. The molecule has 164 valence electrons. The largest absolute Gasteiger partial charge is 0.375 e. The maximum absolute atomic E-state index is 14.0. The van der Waals surface area contributed by atoms with Gasteiger partial charge in [-0.15, -0.1) is 0 Å². The number of aryl methyl sites for hydroxylation is 1. The Morgan fingerprint density at radius 1 is 1.27 bits per heavy atom. The van der Waals surface area contributed by atoms with Gasteiger partial charge in [0.1, 0.15) is 12.4 Å². The molecule has 1 aliphatic heterocycles. The van der Waals surface area contributed by atoms with E-state index >= 15 is 0 Å². The van der Waals surface area contributed by atoms with Gasteiger partial charge in [0.2, 0.25) is 5.91 Å². The van der Waals surface area contributed by atoms with Gasteiger partial charge in [-0.2, -0.15) is 0 Å². The molecular formula is C24H34FN3O2. The Hall–Kier alpha value is -2.18. The van der Waals surface area contributed by atoms with E-state index < -0.39 is 0 Å². The molecule has 1 saturated heterocycles. The normalized spacial score (nSPS) is 19.5. The topological polar surface area (TPSA) is 37.7 Å². The predicted molar refractivity (Wildman–Crippen MR) is 117 cm³/mol. The summed E-state index contributed by atoms with van der Waals surface area (Å²) in [5.74, 6) is 0.614. The van der Waals surface area contributed by atoms with Gasteiger partial charge in [0.25, 0.3) is 0 Å². The predicted octanol–water partition coefficient (Wildman–Crippen LogP) is 3.51. The summed E-state index contributed by atoms with van der Waals surface area (Å²) < 4.78 is 21.2. The van der Waals surface area contributed by atoms with Crippen LogP contribution in [0.3, 0.4) is 0 Å². The number of methoxy groups -OCH3 is 1. The average molecular weight is 416 g/mol. The number of halogens is 1. The van der Waals surface area contributed by atoms with Gasteiger partial charge in [0.05, 0.1) is 0 Å². The maximum Gasteiger partial charge on any atom is 0.248 e. The van der Waals surface area contributed by atoms with Crippen LogP contribution in [0.4, 0.5) is 4.39 Å². The molecule has 2 atom stereocenters. The van der Waals surface area contributed by atoms with Crippen LogP contribution in [0.1, 0.15) is 31.0 Å². The molecule has 0 N–H and O–H groups in total. The highest BCUT2D eigenvalue weighted by Gasteiger charge is 2.36. The van der Waals surface area contributed by atoms with Crippen LogP contribution in [0.15, 0.2) is 42.6 Å². The number of carbonyl (C=O) groups is 1. The van der Waals surface area contributed by atoms with E-state index in [-0.39, 0.29) is 30.2 Å². The average Bonchev–Trinajstić information content (AvgIpc) is 3.27. The molecule has 0 bridgehead atoms. The first-order valence-corrected chi connectivity index (χ1v) is 10.7. The second kappa shape index (κ2) is 10.2. The van der Waals surface area contributed by atoms with Crippen LogP contribution in [0, 0.1) is 17.7 Å². The zero-order valence-corrected chi connectivity index (χ0v) is 18.6. The lowest BCUT2D eigenvalue weighted by atomic mass is 9.88. The van der Waals surface area contributed by atoms with Crippen molar-refractivity contribution in [2.24, 2.45) is 18.9 Å². The fraction of sp³-hybridized carbons (Fsp3) is 0.542. The van der Waals surface area contributed by atoms with E-state index in [9.17, 15) is 9.18 Å². The van der Waals surface area contributed by atoms with Crippen molar-refractivity contribution in [3.05, 3.63) is 59.7 Å². The van der Waals surface area contributed by atoms with E-state index in [1.54, 1.807) is 19.2 Å². The molecule has 0 aliphatic carbocycles. The number of rotatable bonds is 9. The molecule has 1 aromatic heterocycles. The van der Waals surface area contributed by atoms with E-state index in [4.69, 9.17) is 4.74 Å². The second-order valence-electron chi connectivity index (χ2n) is 8.85. The molecule has 0 radical (unpaired) electrons. The third kappa shape index (κ3) is 5.70. The minimum Gasteiger partial charge on any atom is -0.375 e. The number of aromatic nitrogens is 1.